The second kappa shape index (κ2) is 9.56. The maximum absolute atomic E-state index is 12.5. The van der Waals surface area contributed by atoms with Gasteiger partial charge in [-0.15, -0.1) is 0 Å². The van der Waals surface area contributed by atoms with Gasteiger partial charge in [0, 0.05) is 32.1 Å². The standard InChI is InChI=1S/C21H26N2O5S/c1-5-15(2)23(17(4)25)14-18-6-10-20(11-7-18)28-29(26,27)21-12-8-19(9-13-21)22-16(3)24/h6-13,15H,5,14H2,1-4H3,(H,22,24)/t15-/m0/s1. The van der Waals surface area contributed by atoms with Crippen molar-refractivity contribution in [1.82, 2.24) is 4.90 Å². The van der Waals surface area contributed by atoms with E-state index >= 15 is 0 Å². The molecule has 29 heavy (non-hydrogen) atoms. The summed E-state index contributed by atoms with van der Waals surface area (Å²) in [5, 5.41) is 2.57. The Morgan fingerprint density at radius 3 is 2.10 bits per heavy atom. The third-order valence-electron chi connectivity index (χ3n) is 4.47. The Morgan fingerprint density at radius 2 is 1.62 bits per heavy atom. The maximum atomic E-state index is 12.5. The Morgan fingerprint density at radius 1 is 1.03 bits per heavy atom. The molecule has 0 aliphatic rings. The van der Waals surface area contributed by atoms with Crippen molar-refractivity contribution in [2.75, 3.05) is 5.32 Å². The molecule has 1 atom stereocenters. The second-order valence-electron chi connectivity index (χ2n) is 6.79. The van der Waals surface area contributed by atoms with Gasteiger partial charge in [0.05, 0.1) is 0 Å². The molecule has 0 aliphatic heterocycles. The number of nitrogens with one attached hydrogen (secondary N) is 1. The van der Waals surface area contributed by atoms with Crippen LogP contribution in [0.4, 0.5) is 5.69 Å². The molecule has 156 valence electrons. The number of rotatable bonds is 8. The van der Waals surface area contributed by atoms with Crippen LogP contribution < -0.4 is 9.50 Å². The number of hydrogen-bond donors (Lipinski definition) is 1. The summed E-state index contributed by atoms with van der Waals surface area (Å²) < 4.78 is 30.1. The molecule has 2 rings (SSSR count). The molecule has 0 heterocycles. The molecule has 2 aromatic carbocycles. The summed E-state index contributed by atoms with van der Waals surface area (Å²) in [6, 6.07) is 12.4. The minimum Gasteiger partial charge on any atom is -0.379 e. The molecule has 8 heteroatoms. The van der Waals surface area contributed by atoms with E-state index in [-0.39, 0.29) is 28.5 Å². The van der Waals surface area contributed by atoms with Gasteiger partial charge in [0.2, 0.25) is 11.8 Å². The zero-order valence-corrected chi connectivity index (χ0v) is 17.8. The van der Waals surface area contributed by atoms with Crippen LogP contribution in [0.2, 0.25) is 0 Å². The Hall–Kier alpha value is -2.87. The lowest BCUT2D eigenvalue weighted by molar-refractivity contribution is -0.131. The summed E-state index contributed by atoms with van der Waals surface area (Å²) in [4.78, 5) is 24.6. The van der Waals surface area contributed by atoms with E-state index in [1.807, 2.05) is 13.8 Å². The molecular weight excluding hydrogens is 392 g/mol. The summed E-state index contributed by atoms with van der Waals surface area (Å²) in [5.41, 5.74) is 1.38. The van der Waals surface area contributed by atoms with E-state index in [2.05, 4.69) is 5.32 Å². The van der Waals surface area contributed by atoms with Crippen LogP contribution in [0.5, 0.6) is 5.75 Å². The average Bonchev–Trinajstić information content (AvgIpc) is 2.66. The van der Waals surface area contributed by atoms with E-state index in [9.17, 15) is 18.0 Å². The predicted octanol–water partition coefficient (Wildman–Crippen LogP) is 3.56. The van der Waals surface area contributed by atoms with Crippen LogP contribution in [0.3, 0.4) is 0 Å². The lowest BCUT2D eigenvalue weighted by Crippen LogP contribution is -2.36. The molecule has 2 aromatic rings. The smallest absolute Gasteiger partial charge is 0.339 e. The minimum absolute atomic E-state index is 0.00929. The number of carbonyl (C=O) groups is 2. The van der Waals surface area contributed by atoms with Gasteiger partial charge in [-0.25, -0.2) is 0 Å². The average molecular weight is 419 g/mol. The molecule has 0 saturated carbocycles. The summed E-state index contributed by atoms with van der Waals surface area (Å²) in [6.45, 7) is 7.36. The van der Waals surface area contributed by atoms with Crippen LogP contribution >= 0.6 is 0 Å². The van der Waals surface area contributed by atoms with Crippen LogP contribution in [-0.2, 0) is 26.3 Å². The molecule has 0 saturated heterocycles. The molecule has 0 fully saturated rings. The van der Waals surface area contributed by atoms with Crippen molar-refractivity contribution in [3.63, 3.8) is 0 Å². The van der Waals surface area contributed by atoms with Gasteiger partial charge in [0.25, 0.3) is 0 Å². The fourth-order valence-corrected chi connectivity index (χ4v) is 3.66. The van der Waals surface area contributed by atoms with Gasteiger partial charge in [-0.2, -0.15) is 8.42 Å². The highest BCUT2D eigenvalue weighted by molar-refractivity contribution is 7.87. The van der Waals surface area contributed by atoms with E-state index in [1.165, 1.54) is 38.1 Å². The fourth-order valence-electron chi connectivity index (χ4n) is 2.73. The Labute approximate surface area is 171 Å². The third kappa shape index (κ3) is 6.32. The molecule has 0 radical (unpaired) electrons. The van der Waals surface area contributed by atoms with E-state index in [4.69, 9.17) is 4.18 Å². The molecular formula is C21H26N2O5S. The largest absolute Gasteiger partial charge is 0.379 e. The predicted molar refractivity (Wildman–Crippen MR) is 111 cm³/mol. The molecule has 0 aliphatic carbocycles. The first-order valence-corrected chi connectivity index (χ1v) is 10.7. The Balaban J connectivity index is 2.09. The topological polar surface area (TPSA) is 92.8 Å². The van der Waals surface area contributed by atoms with Crippen molar-refractivity contribution in [3.8, 4) is 5.75 Å². The normalized spacial score (nSPS) is 12.1. The SMILES string of the molecule is CC[C@H](C)N(Cc1ccc(OS(=O)(=O)c2ccc(NC(C)=O)cc2)cc1)C(C)=O. The van der Waals surface area contributed by atoms with Crippen molar-refractivity contribution < 1.29 is 22.2 Å². The number of nitrogens with zero attached hydrogens (tertiary/aromatic N) is 1. The summed E-state index contributed by atoms with van der Waals surface area (Å²) in [5.74, 6) is -0.0730. The van der Waals surface area contributed by atoms with E-state index in [0.29, 0.717) is 12.2 Å². The highest BCUT2D eigenvalue weighted by atomic mass is 32.2. The number of hydrogen-bond acceptors (Lipinski definition) is 5. The zero-order chi connectivity index (χ0) is 21.6. The first-order chi connectivity index (χ1) is 13.6. The quantitative estimate of drug-likeness (QED) is 0.662. The van der Waals surface area contributed by atoms with Crippen molar-refractivity contribution >= 4 is 27.6 Å². The second-order valence-corrected chi connectivity index (χ2v) is 8.34. The summed E-state index contributed by atoms with van der Waals surface area (Å²) >= 11 is 0. The fraction of sp³-hybridized carbons (Fsp3) is 0.333. The van der Waals surface area contributed by atoms with Gasteiger partial charge >= 0.3 is 10.1 Å². The molecule has 0 unspecified atom stereocenters. The lowest BCUT2D eigenvalue weighted by Gasteiger charge is -2.27. The number of benzene rings is 2. The van der Waals surface area contributed by atoms with E-state index in [1.54, 1.807) is 29.2 Å². The number of amides is 2. The monoisotopic (exact) mass is 418 g/mol. The molecule has 2 amide bonds. The number of carbonyl (C=O) groups excluding carboxylic acids is 2. The summed E-state index contributed by atoms with van der Waals surface area (Å²) in [6.07, 6.45) is 0.847. The highest BCUT2D eigenvalue weighted by Gasteiger charge is 2.18. The van der Waals surface area contributed by atoms with Crippen LogP contribution in [-0.4, -0.2) is 31.2 Å². The molecule has 1 N–H and O–H groups in total. The van der Waals surface area contributed by atoms with Gasteiger partial charge in [-0.1, -0.05) is 19.1 Å². The third-order valence-corrected chi connectivity index (χ3v) is 5.73. The van der Waals surface area contributed by atoms with Crippen molar-refractivity contribution in [2.24, 2.45) is 0 Å². The molecule has 0 bridgehead atoms. The molecule has 0 spiro atoms. The van der Waals surface area contributed by atoms with Crippen LogP contribution in [0, 0.1) is 0 Å². The van der Waals surface area contributed by atoms with Crippen LogP contribution in [0.25, 0.3) is 0 Å². The maximum Gasteiger partial charge on any atom is 0.339 e. The zero-order valence-electron chi connectivity index (χ0n) is 17.0. The summed E-state index contributed by atoms with van der Waals surface area (Å²) in [7, 11) is -4.00. The van der Waals surface area contributed by atoms with Gasteiger partial charge < -0.3 is 14.4 Å². The van der Waals surface area contributed by atoms with Gasteiger partial charge in [-0.05, 0) is 55.3 Å². The van der Waals surface area contributed by atoms with Crippen LogP contribution in [0.1, 0.15) is 39.7 Å². The van der Waals surface area contributed by atoms with Gasteiger partial charge in [-0.3, -0.25) is 9.59 Å². The van der Waals surface area contributed by atoms with Gasteiger partial charge in [0.1, 0.15) is 10.6 Å². The first-order valence-electron chi connectivity index (χ1n) is 9.30. The van der Waals surface area contributed by atoms with Crippen molar-refractivity contribution in [3.05, 3.63) is 54.1 Å². The van der Waals surface area contributed by atoms with Crippen molar-refractivity contribution in [1.29, 1.82) is 0 Å². The Kier molecular flexibility index (Phi) is 7.39. The number of anilines is 1. The minimum atomic E-state index is -4.00. The first kappa shape index (κ1) is 22.4. The lowest BCUT2D eigenvalue weighted by atomic mass is 10.1. The molecule has 0 aromatic heterocycles. The Bertz CT molecular complexity index is 954. The van der Waals surface area contributed by atoms with Crippen LogP contribution in [0.15, 0.2) is 53.4 Å². The van der Waals surface area contributed by atoms with Crippen molar-refractivity contribution in [2.45, 2.75) is 51.6 Å². The highest BCUT2D eigenvalue weighted by Crippen LogP contribution is 2.21. The molecule has 7 nitrogen and oxygen atoms in total. The van der Waals surface area contributed by atoms with E-state index < -0.39 is 10.1 Å². The van der Waals surface area contributed by atoms with Gasteiger partial charge in [0.15, 0.2) is 0 Å². The van der Waals surface area contributed by atoms with E-state index in [0.717, 1.165) is 12.0 Å².